The molecule has 0 amide bonds. The van der Waals surface area contributed by atoms with Gasteiger partial charge < -0.3 is 4.74 Å². The van der Waals surface area contributed by atoms with Gasteiger partial charge >= 0.3 is 0 Å². The molecule has 1 atom stereocenters. The number of aryl methyl sites for hydroxylation is 1. The molecule has 1 unspecified atom stereocenters. The molecule has 0 saturated carbocycles. The summed E-state index contributed by atoms with van der Waals surface area (Å²) in [6, 6.07) is 13.0. The lowest BCUT2D eigenvalue weighted by atomic mass is 10.2. The Kier molecular flexibility index (Phi) is 5.15. The van der Waals surface area contributed by atoms with Crippen LogP contribution in [0.25, 0.3) is 0 Å². The third-order valence-corrected chi connectivity index (χ3v) is 4.52. The van der Waals surface area contributed by atoms with E-state index in [2.05, 4.69) is 4.72 Å². The van der Waals surface area contributed by atoms with Gasteiger partial charge in [-0.3, -0.25) is 0 Å². The van der Waals surface area contributed by atoms with Crippen molar-refractivity contribution >= 4 is 10.0 Å². The van der Waals surface area contributed by atoms with E-state index in [0.29, 0.717) is 11.3 Å². The van der Waals surface area contributed by atoms with Crippen LogP contribution in [0.2, 0.25) is 0 Å². The summed E-state index contributed by atoms with van der Waals surface area (Å²) in [5.41, 5.74) is 0.403. The first-order chi connectivity index (χ1) is 10.4. The van der Waals surface area contributed by atoms with Crippen LogP contribution in [-0.4, -0.2) is 21.1 Å². The number of halogens is 1. The maximum absolute atomic E-state index is 13.5. The summed E-state index contributed by atoms with van der Waals surface area (Å²) in [4.78, 5) is -0.0949. The van der Waals surface area contributed by atoms with Crippen molar-refractivity contribution in [2.45, 2.75) is 24.8 Å². The molecule has 118 valence electrons. The quantitative estimate of drug-likeness (QED) is 0.889. The van der Waals surface area contributed by atoms with Gasteiger partial charge in [-0.25, -0.2) is 17.5 Å². The fourth-order valence-electron chi connectivity index (χ4n) is 1.82. The van der Waals surface area contributed by atoms with Gasteiger partial charge in [-0.15, -0.1) is 0 Å². The van der Waals surface area contributed by atoms with Gasteiger partial charge in [0.05, 0.1) is 4.90 Å². The van der Waals surface area contributed by atoms with Crippen molar-refractivity contribution < 1.29 is 17.5 Å². The summed E-state index contributed by atoms with van der Waals surface area (Å²) in [7, 11) is -3.76. The third kappa shape index (κ3) is 4.29. The lowest BCUT2D eigenvalue weighted by Crippen LogP contribution is -2.33. The van der Waals surface area contributed by atoms with E-state index in [1.54, 1.807) is 26.0 Å². The molecule has 2 aromatic rings. The third-order valence-electron chi connectivity index (χ3n) is 3.09. The standard InChI is InChI=1S/C16H18FNO3S/c1-12-8-9-15(10-16(12)17)22(19,20)18-11-13(2)21-14-6-4-3-5-7-14/h3-10,13,18H,11H2,1-2H3. The number of nitrogens with one attached hydrogen (secondary N) is 1. The van der Waals surface area contributed by atoms with Gasteiger partial charge in [-0.2, -0.15) is 0 Å². The van der Waals surface area contributed by atoms with Crippen molar-refractivity contribution in [1.29, 1.82) is 0 Å². The van der Waals surface area contributed by atoms with E-state index in [0.717, 1.165) is 6.07 Å². The molecule has 0 heterocycles. The number of benzene rings is 2. The van der Waals surface area contributed by atoms with Gasteiger partial charge in [0.2, 0.25) is 10.0 Å². The summed E-state index contributed by atoms with van der Waals surface area (Å²) < 4.78 is 45.7. The number of sulfonamides is 1. The van der Waals surface area contributed by atoms with E-state index in [9.17, 15) is 12.8 Å². The van der Waals surface area contributed by atoms with Gasteiger partial charge in [0.25, 0.3) is 0 Å². The highest BCUT2D eigenvalue weighted by Gasteiger charge is 2.17. The van der Waals surface area contributed by atoms with Crippen LogP contribution in [0.1, 0.15) is 12.5 Å². The number of hydrogen-bond acceptors (Lipinski definition) is 3. The van der Waals surface area contributed by atoms with Gasteiger partial charge in [0, 0.05) is 6.54 Å². The first-order valence-corrected chi connectivity index (χ1v) is 8.34. The first-order valence-electron chi connectivity index (χ1n) is 6.86. The van der Waals surface area contributed by atoms with Gasteiger partial charge in [0.15, 0.2) is 0 Å². The SMILES string of the molecule is Cc1ccc(S(=O)(=O)NCC(C)Oc2ccccc2)cc1F. The van der Waals surface area contributed by atoms with E-state index >= 15 is 0 Å². The zero-order valence-corrected chi connectivity index (χ0v) is 13.2. The summed E-state index contributed by atoms with van der Waals surface area (Å²) in [6.45, 7) is 3.42. The minimum atomic E-state index is -3.76. The molecule has 2 rings (SSSR count). The van der Waals surface area contributed by atoms with Crippen LogP contribution in [0, 0.1) is 12.7 Å². The Balaban J connectivity index is 1.98. The molecule has 0 radical (unpaired) electrons. The van der Waals surface area contributed by atoms with E-state index in [-0.39, 0.29) is 17.5 Å². The van der Waals surface area contributed by atoms with Gasteiger partial charge in [-0.05, 0) is 43.7 Å². The zero-order valence-electron chi connectivity index (χ0n) is 12.4. The topological polar surface area (TPSA) is 55.4 Å². The largest absolute Gasteiger partial charge is 0.489 e. The molecule has 4 nitrogen and oxygen atoms in total. The minimum Gasteiger partial charge on any atom is -0.489 e. The Hall–Kier alpha value is -1.92. The second kappa shape index (κ2) is 6.89. The summed E-state index contributed by atoms with van der Waals surface area (Å²) in [6.07, 6.45) is -0.354. The average molecular weight is 323 g/mol. The van der Waals surface area contributed by atoms with Crippen molar-refractivity contribution in [3.8, 4) is 5.75 Å². The molecular weight excluding hydrogens is 305 g/mol. The molecule has 1 N–H and O–H groups in total. The van der Waals surface area contributed by atoms with Crippen molar-refractivity contribution in [2.75, 3.05) is 6.54 Å². The molecule has 0 aliphatic carbocycles. The lowest BCUT2D eigenvalue weighted by Gasteiger charge is -2.15. The van der Waals surface area contributed by atoms with Crippen LogP contribution in [0.5, 0.6) is 5.75 Å². The molecule has 0 spiro atoms. The highest BCUT2D eigenvalue weighted by molar-refractivity contribution is 7.89. The smallest absolute Gasteiger partial charge is 0.240 e. The molecule has 0 aliphatic heterocycles. The lowest BCUT2D eigenvalue weighted by molar-refractivity contribution is 0.225. The van der Waals surface area contributed by atoms with E-state index in [1.807, 2.05) is 18.2 Å². The second-order valence-electron chi connectivity index (χ2n) is 5.00. The highest BCUT2D eigenvalue weighted by atomic mass is 32.2. The average Bonchev–Trinajstić information content (AvgIpc) is 2.49. The van der Waals surface area contributed by atoms with Crippen molar-refractivity contribution in [3.05, 3.63) is 59.9 Å². The minimum absolute atomic E-state index is 0.0900. The Morgan fingerprint density at radius 1 is 1.18 bits per heavy atom. The fraction of sp³-hybridized carbons (Fsp3) is 0.250. The monoisotopic (exact) mass is 323 g/mol. The van der Waals surface area contributed by atoms with E-state index in [4.69, 9.17) is 4.74 Å². The van der Waals surface area contributed by atoms with Crippen LogP contribution in [-0.2, 0) is 10.0 Å². The maximum atomic E-state index is 13.5. The molecule has 22 heavy (non-hydrogen) atoms. The van der Waals surface area contributed by atoms with Crippen LogP contribution in [0.15, 0.2) is 53.4 Å². The summed E-state index contributed by atoms with van der Waals surface area (Å²) >= 11 is 0. The predicted octanol–water partition coefficient (Wildman–Crippen LogP) is 2.88. The van der Waals surface area contributed by atoms with Gasteiger partial charge in [0.1, 0.15) is 17.7 Å². The summed E-state index contributed by atoms with van der Waals surface area (Å²) in [5, 5.41) is 0. The zero-order chi connectivity index (χ0) is 16.2. The fourth-order valence-corrected chi connectivity index (χ4v) is 2.95. The van der Waals surface area contributed by atoms with Gasteiger partial charge in [-0.1, -0.05) is 24.3 Å². The molecule has 0 saturated heterocycles. The molecule has 0 aromatic heterocycles. The Labute approximate surface area is 130 Å². The Bertz CT molecular complexity index is 732. The molecule has 2 aromatic carbocycles. The van der Waals surface area contributed by atoms with Crippen LogP contribution < -0.4 is 9.46 Å². The number of hydrogen-bond donors (Lipinski definition) is 1. The maximum Gasteiger partial charge on any atom is 0.240 e. The van der Waals surface area contributed by atoms with Crippen LogP contribution in [0.3, 0.4) is 0 Å². The van der Waals surface area contributed by atoms with Crippen molar-refractivity contribution in [1.82, 2.24) is 4.72 Å². The number of para-hydroxylation sites is 1. The predicted molar refractivity (Wildman–Crippen MR) is 82.9 cm³/mol. The molecule has 0 fully saturated rings. The van der Waals surface area contributed by atoms with Crippen molar-refractivity contribution in [3.63, 3.8) is 0 Å². The van der Waals surface area contributed by atoms with Crippen molar-refractivity contribution in [2.24, 2.45) is 0 Å². The number of rotatable bonds is 6. The van der Waals surface area contributed by atoms with Crippen LogP contribution in [0.4, 0.5) is 4.39 Å². The Morgan fingerprint density at radius 3 is 2.50 bits per heavy atom. The summed E-state index contributed by atoms with van der Waals surface area (Å²) in [5.74, 6) is 0.118. The molecule has 0 bridgehead atoms. The first kappa shape index (κ1) is 16.5. The molecule has 6 heteroatoms. The number of ether oxygens (including phenoxy) is 1. The van der Waals surface area contributed by atoms with E-state index in [1.165, 1.54) is 12.1 Å². The normalized spacial score (nSPS) is 12.9. The second-order valence-corrected chi connectivity index (χ2v) is 6.77. The highest BCUT2D eigenvalue weighted by Crippen LogP contribution is 2.15. The van der Waals surface area contributed by atoms with Crippen LogP contribution >= 0.6 is 0 Å². The Morgan fingerprint density at radius 2 is 1.86 bits per heavy atom. The van der Waals surface area contributed by atoms with E-state index < -0.39 is 15.8 Å². The molecular formula is C16H18FNO3S. The molecule has 0 aliphatic rings.